The molecule has 1 amide bonds. The maximum atomic E-state index is 13.1. The third-order valence-electron chi connectivity index (χ3n) is 4.99. The van der Waals surface area contributed by atoms with Crippen molar-refractivity contribution in [3.8, 4) is 5.75 Å². The molecule has 170 valence electrons. The lowest BCUT2D eigenvalue weighted by atomic mass is 10.0. The number of rotatable bonds is 8. The summed E-state index contributed by atoms with van der Waals surface area (Å²) in [6.07, 6.45) is 3.25. The van der Waals surface area contributed by atoms with Crippen molar-refractivity contribution in [2.24, 2.45) is 0 Å². The van der Waals surface area contributed by atoms with Crippen LogP contribution in [0, 0.1) is 5.82 Å². The number of benzene rings is 2. The molecule has 2 aromatic carbocycles. The quantitative estimate of drug-likeness (QED) is 0.380. The van der Waals surface area contributed by atoms with Crippen molar-refractivity contribution in [2.75, 3.05) is 5.32 Å². The van der Waals surface area contributed by atoms with Gasteiger partial charge in [-0.05, 0) is 47.4 Å². The normalized spacial score (nSPS) is 11.1. The summed E-state index contributed by atoms with van der Waals surface area (Å²) in [6, 6.07) is 15.6. The lowest BCUT2D eigenvalue weighted by Crippen LogP contribution is -2.15. The average molecular weight is 468 g/mol. The van der Waals surface area contributed by atoms with Gasteiger partial charge in [-0.2, -0.15) is 10.2 Å². The fraction of sp³-hybridized carbons (Fsp3) is 0.208. The van der Waals surface area contributed by atoms with Crippen molar-refractivity contribution in [3.05, 3.63) is 94.7 Å². The van der Waals surface area contributed by atoms with E-state index in [-0.39, 0.29) is 29.1 Å². The number of aromatic nitrogens is 4. The summed E-state index contributed by atoms with van der Waals surface area (Å²) >= 11 is 6.22. The zero-order chi connectivity index (χ0) is 23.4. The number of carbonyl (C=O) groups is 1. The summed E-state index contributed by atoms with van der Waals surface area (Å²) in [5.74, 6) is 0.649. The minimum Gasteiger partial charge on any atom is -0.471 e. The van der Waals surface area contributed by atoms with Crippen LogP contribution in [-0.4, -0.2) is 25.5 Å². The molecule has 0 saturated heterocycles. The summed E-state index contributed by atoms with van der Waals surface area (Å²) in [5.41, 5.74) is 2.29. The zero-order valence-electron chi connectivity index (χ0n) is 18.2. The van der Waals surface area contributed by atoms with E-state index in [4.69, 9.17) is 16.3 Å². The zero-order valence-corrected chi connectivity index (χ0v) is 19.0. The largest absolute Gasteiger partial charge is 0.471 e. The first-order valence-electron chi connectivity index (χ1n) is 10.4. The van der Waals surface area contributed by atoms with E-state index in [1.165, 1.54) is 22.4 Å². The van der Waals surface area contributed by atoms with E-state index in [2.05, 4.69) is 29.4 Å². The van der Waals surface area contributed by atoms with Crippen molar-refractivity contribution < 1.29 is 13.9 Å². The highest BCUT2D eigenvalue weighted by Gasteiger charge is 2.15. The minimum atomic E-state index is -0.441. The highest BCUT2D eigenvalue weighted by atomic mass is 35.5. The second-order valence-electron chi connectivity index (χ2n) is 7.84. The molecule has 0 saturated carbocycles. The molecule has 33 heavy (non-hydrogen) atoms. The predicted octanol–water partition coefficient (Wildman–Crippen LogP) is 5.33. The molecule has 1 N–H and O–H groups in total. The first-order valence-corrected chi connectivity index (χ1v) is 10.8. The summed E-state index contributed by atoms with van der Waals surface area (Å²) in [6.45, 7) is 4.83. The van der Waals surface area contributed by atoms with Crippen LogP contribution in [0.3, 0.4) is 0 Å². The van der Waals surface area contributed by atoms with E-state index in [0.29, 0.717) is 12.5 Å². The summed E-state index contributed by atoms with van der Waals surface area (Å²) in [7, 11) is 0. The van der Waals surface area contributed by atoms with Crippen LogP contribution in [0.25, 0.3) is 0 Å². The van der Waals surface area contributed by atoms with Gasteiger partial charge in [-0.3, -0.25) is 9.48 Å². The number of anilines is 1. The number of nitrogens with one attached hydrogen (secondary N) is 1. The molecule has 2 aromatic heterocycles. The van der Waals surface area contributed by atoms with Crippen molar-refractivity contribution in [3.63, 3.8) is 0 Å². The molecule has 0 atom stereocenters. The molecule has 0 aliphatic rings. The number of hydrogen-bond acceptors (Lipinski definition) is 4. The standard InChI is InChI=1S/C24H23ClFN5O2/c1-16(2)18-5-9-20(10-6-18)33-15-30-12-11-22(28-30)24(32)27-23-21(25)14-31(29-23)13-17-3-7-19(26)8-4-17/h3-12,14,16H,13,15H2,1-2H3,(H,27,29,32). The molecule has 4 aromatic rings. The van der Waals surface area contributed by atoms with Crippen LogP contribution in [0.5, 0.6) is 5.75 Å². The van der Waals surface area contributed by atoms with E-state index in [0.717, 1.165) is 11.3 Å². The summed E-state index contributed by atoms with van der Waals surface area (Å²) < 4.78 is 21.9. The number of hydrogen-bond donors (Lipinski definition) is 1. The van der Waals surface area contributed by atoms with Crippen LogP contribution >= 0.6 is 11.6 Å². The fourth-order valence-corrected chi connectivity index (χ4v) is 3.35. The van der Waals surface area contributed by atoms with Gasteiger partial charge in [0.15, 0.2) is 18.2 Å². The monoisotopic (exact) mass is 467 g/mol. The van der Waals surface area contributed by atoms with Crippen molar-refractivity contribution in [1.29, 1.82) is 0 Å². The Bertz CT molecular complexity index is 1230. The van der Waals surface area contributed by atoms with Crippen LogP contribution < -0.4 is 10.1 Å². The molecular formula is C24H23ClFN5O2. The van der Waals surface area contributed by atoms with Crippen molar-refractivity contribution in [2.45, 2.75) is 33.0 Å². The highest BCUT2D eigenvalue weighted by molar-refractivity contribution is 6.33. The Morgan fingerprint density at radius 1 is 1.06 bits per heavy atom. The number of ether oxygens (including phenoxy) is 1. The van der Waals surface area contributed by atoms with Gasteiger partial charge >= 0.3 is 0 Å². The van der Waals surface area contributed by atoms with Crippen LogP contribution in [0.1, 0.15) is 41.4 Å². The van der Waals surface area contributed by atoms with Crippen molar-refractivity contribution in [1.82, 2.24) is 19.6 Å². The smallest absolute Gasteiger partial charge is 0.277 e. The summed E-state index contributed by atoms with van der Waals surface area (Å²) in [4.78, 5) is 12.6. The molecule has 7 nitrogen and oxygen atoms in total. The maximum Gasteiger partial charge on any atom is 0.277 e. The minimum absolute atomic E-state index is 0.168. The van der Waals surface area contributed by atoms with Crippen LogP contribution in [0.2, 0.25) is 5.02 Å². The number of carbonyl (C=O) groups excluding carboxylic acids is 1. The van der Waals surface area contributed by atoms with E-state index in [1.807, 2.05) is 24.3 Å². The van der Waals surface area contributed by atoms with E-state index in [9.17, 15) is 9.18 Å². The Morgan fingerprint density at radius 3 is 2.48 bits per heavy atom. The Labute approximate surface area is 195 Å². The molecule has 0 bridgehead atoms. The third-order valence-corrected chi connectivity index (χ3v) is 5.27. The van der Waals surface area contributed by atoms with E-state index >= 15 is 0 Å². The van der Waals surface area contributed by atoms with Gasteiger partial charge in [-0.25, -0.2) is 9.07 Å². The van der Waals surface area contributed by atoms with Gasteiger partial charge < -0.3 is 10.1 Å². The number of halogens is 2. The van der Waals surface area contributed by atoms with Crippen LogP contribution in [-0.2, 0) is 13.3 Å². The Morgan fingerprint density at radius 2 is 1.79 bits per heavy atom. The molecule has 0 fully saturated rings. The molecule has 0 unspecified atom stereocenters. The van der Waals surface area contributed by atoms with Gasteiger partial charge in [0.2, 0.25) is 0 Å². The second kappa shape index (κ2) is 9.87. The topological polar surface area (TPSA) is 74.0 Å². The van der Waals surface area contributed by atoms with Gasteiger partial charge in [0, 0.05) is 12.4 Å². The fourth-order valence-electron chi connectivity index (χ4n) is 3.16. The highest BCUT2D eigenvalue weighted by Crippen LogP contribution is 2.21. The average Bonchev–Trinajstić information content (AvgIpc) is 3.41. The third kappa shape index (κ3) is 5.78. The maximum absolute atomic E-state index is 13.1. The molecule has 4 rings (SSSR count). The lowest BCUT2D eigenvalue weighted by Gasteiger charge is -2.09. The first-order chi connectivity index (χ1) is 15.9. The van der Waals surface area contributed by atoms with Gasteiger partial charge in [0.05, 0.1) is 6.54 Å². The van der Waals surface area contributed by atoms with Gasteiger partial charge in [0.1, 0.15) is 16.6 Å². The Hall–Kier alpha value is -3.65. The molecule has 0 aliphatic carbocycles. The lowest BCUT2D eigenvalue weighted by molar-refractivity contribution is 0.101. The molecule has 9 heteroatoms. The Kier molecular flexibility index (Phi) is 6.74. The molecular weight excluding hydrogens is 445 g/mol. The van der Waals surface area contributed by atoms with Crippen LogP contribution in [0.4, 0.5) is 10.2 Å². The number of nitrogens with zero attached hydrogens (tertiary/aromatic N) is 4. The van der Waals surface area contributed by atoms with Gasteiger partial charge in [0.25, 0.3) is 5.91 Å². The first kappa shape index (κ1) is 22.5. The molecule has 2 heterocycles. The van der Waals surface area contributed by atoms with E-state index in [1.54, 1.807) is 35.3 Å². The predicted molar refractivity (Wildman–Crippen MR) is 124 cm³/mol. The SMILES string of the molecule is CC(C)c1ccc(OCn2ccc(C(=O)Nc3nn(Cc4ccc(F)cc4)cc3Cl)n2)cc1. The van der Waals surface area contributed by atoms with Gasteiger partial charge in [-0.1, -0.05) is 49.7 Å². The van der Waals surface area contributed by atoms with Gasteiger partial charge in [-0.15, -0.1) is 0 Å². The molecule has 0 aliphatic heterocycles. The van der Waals surface area contributed by atoms with E-state index < -0.39 is 5.91 Å². The number of amides is 1. The summed E-state index contributed by atoms with van der Waals surface area (Å²) in [5, 5.41) is 11.5. The Balaban J connectivity index is 1.34. The van der Waals surface area contributed by atoms with Crippen LogP contribution in [0.15, 0.2) is 67.0 Å². The molecule has 0 spiro atoms. The molecule has 0 radical (unpaired) electrons. The van der Waals surface area contributed by atoms with Crippen molar-refractivity contribution >= 4 is 23.3 Å². The second-order valence-corrected chi connectivity index (χ2v) is 8.25.